The summed E-state index contributed by atoms with van der Waals surface area (Å²) in [7, 11) is 0. The molecule has 0 aromatic heterocycles. The van der Waals surface area contributed by atoms with Crippen molar-refractivity contribution in [2.45, 2.75) is 50.3 Å². The predicted octanol–water partition coefficient (Wildman–Crippen LogP) is 3.72. The van der Waals surface area contributed by atoms with Crippen LogP contribution >= 0.6 is 11.6 Å². The molecule has 1 aromatic rings. The van der Waals surface area contributed by atoms with Gasteiger partial charge in [0.2, 0.25) is 11.8 Å². The van der Waals surface area contributed by atoms with Gasteiger partial charge in [0.15, 0.2) is 0 Å². The van der Waals surface area contributed by atoms with Crippen molar-refractivity contribution in [1.82, 2.24) is 5.32 Å². The zero-order valence-electron chi connectivity index (χ0n) is 15.7. The van der Waals surface area contributed by atoms with E-state index in [1.807, 2.05) is 19.1 Å². The van der Waals surface area contributed by atoms with Crippen LogP contribution in [0.25, 0.3) is 0 Å². The van der Waals surface area contributed by atoms with Crippen LogP contribution in [0.15, 0.2) is 24.3 Å². The van der Waals surface area contributed by atoms with Gasteiger partial charge in [0.1, 0.15) is 5.75 Å². The molecule has 4 aliphatic carbocycles. The van der Waals surface area contributed by atoms with Crippen molar-refractivity contribution in [3.05, 3.63) is 24.3 Å². The van der Waals surface area contributed by atoms with Crippen LogP contribution in [0, 0.1) is 17.3 Å². The molecule has 4 aliphatic rings. The number of hydrogen-bond acceptors (Lipinski definition) is 3. The quantitative estimate of drug-likeness (QED) is 0.727. The summed E-state index contributed by atoms with van der Waals surface area (Å²) in [5.41, 5.74) is 0.317. The van der Waals surface area contributed by atoms with Crippen molar-refractivity contribution in [3.63, 3.8) is 0 Å². The average Bonchev–Trinajstić information content (AvgIpc) is 2.59. The largest absolute Gasteiger partial charge is 0.494 e. The minimum absolute atomic E-state index is 0.00321. The SMILES string of the molecule is CCOc1ccc(NC(=O)CNC(=O)C23C[C@@H]4C[C@@H](CC(Cl)(C4)C2)C3)cc1. The summed E-state index contributed by atoms with van der Waals surface area (Å²) >= 11 is 6.80. The van der Waals surface area contributed by atoms with Crippen LogP contribution in [0.5, 0.6) is 5.75 Å². The molecule has 27 heavy (non-hydrogen) atoms. The maximum Gasteiger partial charge on any atom is 0.243 e. The van der Waals surface area contributed by atoms with E-state index in [0.29, 0.717) is 24.1 Å². The number of anilines is 1. The van der Waals surface area contributed by atoms with E-state index >= 15 is 0 Å². The van der Waals surface area contributed by atoms with E-state index in [0.717, 1.165) is 37.9 Å². The van der Waals surface area contributed by atoms with Gasteiger partial charge in [0.05, 0.1) is 18.6 Å². The van der Waals surface area contributed by atoms with E-state index in [-0.39, 0.29) is 28.6 Å². The molecule has 5 nitrogen and oxygen atoms in total. The summed E-state index contributed by atoms with van der Waals surface area (Å²) in [6.07, 6.45) is 5.88. The molecule has 4 atom stereocenters. The molecule has 4 fully saturated rings. The van der Waals surface area contributed by atoms with Crippen LogP contribution in [-0.4, -0.2) is 29.8 Å². The highest BCUT2D eigenvalue weighted by atomic mass is 35.5. The van der Waals surface area contributed by atoms with Crippen LogP contribution in [0.1, 0.15) is 45.4 Å². The van der Waals surface area contributed by atoms with Gasteiger partial charge in [-0.1, -0.05) is 0 Å². The number of halogens is 1. The smallest absolute Gasteiger partial charge is 0.243 e. The number of benzene rings is 1. The van der Waals surface area contributed by atoms with E-state index < -0.39 is 0 Å². The van der Waals surface area contributed by atoms with Crippen molar-refractivity contribution in [1.29, 1.82) is 0 Å². The second-order valence-corrected chi connectivity index (χ2v) is 9.38. The standard InChI is InChI=1S/C21H27ClN2O3/c1-2-27-17-5-3-16(4-6-17)24-18(25)12-23-19(26)20-8-14-7-15(9-20)11-21(22,10-14)13-20/h3-6,14-15H,2,7-13H2,1H3,(H,23,26)(H,24,25)/t14-,15+,20?,21?. The van der Waals surface area contributed by atoms with E-state index in [9.17, 15) is 9.59 Å². The van der Waals surface area contributed by atoms with Crippen molar-refractivity contribution < 1.29 is 14.3 Å². The Bertz CT molecular complexity index is 719. The lowest BCUT2D eigenvalue weighted by Crippen LogP contribution is -2.58. The Hall–Kier alpha value is -1.75. The summed E-state index contributed by atoms with van der Waals surface area (Å²) in [4.78, 5) is 25.0. The molecule has 4 bridgehead atoms. The van der Waals surface area contributed by atoms with Crippen LogP contribution in [-0.2, 0) is 9.59 Å². The van der Waals surface area contributed by atoms with Crippen LogP contribution in [0.3, 0.4) is 0 Å². The highest BCUT2D eigenvalue weighted by Gasteiger charge is 2.60. The van der Waals surface area contributed by atoms with Gasteiger partial charge in [-0.25, -0.2) is 0 Å². The minimum Gasteiger partial charge on any atom is -0.494 e. The monoisotopic (exact) mass is 390 g/mol. The molecule has 0 radical (unpaired) electrons. The Morgan fingerprint density at radius 2 is 1.81 bits per heavy atom. The zero-order valence-corrected chi connectivity index (χ0v) is 16.5. The fraction of sp³-hybridized carbons (Fsp3) is 0.619. The van der Waals surface area contributed by atoms with Crippen LogP contribution < -0.4 is 15.4 Å². The first-order valence-corrected chi connectivity index (χ1v) is 10.3. The molecule has 0 spiro atoms. The maximum atomic E-state index is 12.9. The molecule has 2 unspecified atom stereocenters. The van der Waals surface area contributed by atoms with Crippen molar-refractivity contribution >= 4 is 29.1 Å². The van der Waals surface area contributed by atoms with Crippen molar-refractivity contribution in [2.24, 2.45) is 17.3 Å². The highest BCUT2D eigenvalue weighted by molar-refractivity contribution is 6.24. The molecule has 2 amide bonds. The zero-order chi connectivity index (χ0) is 19.1. The maximum absolute atomic E-state index is 12.9. The topological polar surface area (TPSA) is 67.4 Å². The number of carbonyl (C=O) groups excluding carboxylic acids is 2. The van der Waals surface area contributed by atoms with E-state index in [2.05, 4.69) is 10.6 Å². The summed E-state index contributed by atoms with van der Waals surface area (Å²) in [5, 5.41) is 5.69. The van der Waals surface area contributed by atoms with Gasteiger partial charge >= 0.3 is 0 Å². The summed E-state index contributed by atoms with van der Waals surface area (Å²) in [6.45, 7) is 2.51. The molecule has 4 saturated carbocycles. The van der Waals surface area contributed by atoms with Gasteiger partial charge in [-0.15, -0.1) is 11.6 Å². The second-order valence-electron chi connectivity index (χ2n) is 8.58. The predicted molar refractivity (Wildman–Crippen MR) is 105 cm³/mol. The summed E-state index contributed by atoms with van der Waals surface area (Å²) in [6, 6.07) is 7.21. The lowest BCUT2D eigenvalue weighted by molar-refractivity contribution is -0.145. The third-order valence-electron chi connectivity index (χ3n) is 6.33. The normalized spacial score (nSPS) is 33.6. The molecule has 6 heteroatoms. The van der Waals surface area contributed by atoms with Gasteiger partial charge in [-0.3, -0.25) is 9.59 Å². The molecule has 146 valence electrons. The third-order valence-corrected chi connectivity index (χ3v) is 6.77. The van der Waals surface area contributed by atoms with Crippen LogP contribution in [0.2, 0.25) is 0 Å². The van der Waals surface area contributed by atoms with Gasteiger partial charge in [0, 0.05) is 10.6 Å². The van der Waals surface area contributed by atoms with Crippen molar-refractivity contribution in [3.8, 4) is 5.75 Å². The lowest BCUT2D eigenvalue weighted by atomic mass is 9.49. The average molecular weight is 391 g/mol. The molecule has 0 aliphatic heterocycles. The Labute approximate surface area is 165 Å². The first kappa shape index (κ1) is 18.6. The number of rotatable bonds is 6. The minimum atomic E-state index is -0.370. The highest BCUT2D eigenvalue weighted by Crippen LogP contribution is 2.63. The molecular weight excluding hydrogens is 364 g/mol. The molecule has 0 saturated heterocycles. The molecule has 1 aromatic carbocycles. The first-order chi connectivity index (χ1) is 12.9. The van der Waals surface area contributed by atoms with E-state index in [1.54, 1.807) is 12.1 Å². The number of amides is 2. The number of hydrogen-bond donors (Lipinski definition) is 2. The van der Waals surface area contributed by atoms with Crippen molar-refractivity contribution in [2.75, 3.05) is 18.5 Å². The number of nitrogens with one attached hydrogen (secondary N) is 2. The van der Waals surface area contributed by atoms with Crippen LogP contribution in [0.4, 0.5) is 5.69 Å². The Balaban J connectivity index is 1.32. The first-order valence-electron chi connectivity index (χ1n) is 9.90. The van der Waals surface area contributed by atoms with Gasteiger partial charge in [0.25, 0.3) is 0 Å². The number of alkyl halides is 1. The Morgan fingerprint density at radius 3 is 2.41 bits per heavy atom. The van der Waals surface area contributed by atoms with Gasteiger partial charge in [-0.05, 0) is 81.5 Å². The number of ether oxygens (including phenoxy) is 1. The second kappa shape index (κ2) is 7.01. The van der Waals surface area contributed by atoms with E-state index in [4.69, 9.17) is 16.3 Å². The molecule has 5 rings (SSSR count). The molecular formula is C21H27ClN2O3. The fourth-order valence-corrected chi connectivity index (χ4v) is 6.46. The lowest BCUT2D eigenvalue weighted by Gasteiger charge is -2.59. The fourth-order valence-electron chi connectivity index (χ4n) is 5.77. The van der Waals surface area contributed by atoms with Gasteiger partial charge < -0.3 is 15.4 Å². The van der Waals surface area contributed by atoms with Gasteiger partial charge in [-0.2, -0.15) is 0 Å². The number of carbonyl (C=O) groups is 2. The Kier molecular flexibility index (Phi) is 4.83. The third kappa shape index (κ3) is 3.79. The Morgan fingerprint density at radius 1 is 1.15 bits per heavy atom. The molecule has 2 N–H and O–H groups in total. The molecule has 0 heterocycles. The van der Waals surface area contributed by atoms with E-state index in [1.165, 1.54) is 6.42 Å². The summed E-state index contributed by atoms with van der Waals surface area (Å²) < 4.78 is 5.39. The summed E-state index contributed by atoms with van der Waals surface area (Å²) in [5.74, 6) is 1.67.